The van der Waals surface area contributed by atoms with Crippen molar-refractivity contribution in [1.29, 1.82) is 0 Å². The highest BCUT2D eigenvalue weighted by Gasteiger charge is 2.19. The van der Waals surface area contributed by atoms with E-state index in [1.165, 1.54) is 43.8 Å². The molecule has 148 valence electrons. The molecule has 1 heteroatoms. The predicted octanol–water partition coefficient (Wildman–Crippen LogP) is 8.43. The Balaban J connectivity index is 2.07. The molecule has 0 amide bonds. The number of hydrogen-bond acceptors (Lipinski definition) is 1. The zero-order valence-electron chi connectivity index (χ0n) is 18.5. The molecule has 0 aliphatic heterocycles. The van der Waals surface area contributed by atoms with Crippen LogP contribution in [0.1, 0.15) is 76.0 Å². The second-order valence-electron chi connectivity index (χ2n) is 9.07. The van der Waals surface area contributed by atoms with Crippen molar-refractivity contribution in [1.82, 2.24) is 4.98 Å². The van der Waals surface area contributed by atoms with Crippen molar-refractivity contribution in [2.75, 3.05) is 0 Å². The van der Waals surface area contributed by atoms with Crippen LogP contribution in [-0.2, 0) is 0 Å². The largest absolute Gasteiger partial charge is 0.256 e. The van der Waals surface area contributed by atoms with Crippen molar-refractivity contribution in [3.63, 3.8) is 0 Å². The summed E-state index contributed by atoms with van der Waals surface area (Å²) in [4.78, 5) is 4.69. The Morgan fingerprint density at radius 1 is 0.586 bits per heavy atom. The van der Waals surface area contributed by atoms with Gasteiger partial charge in [0.15, 0.2) is 0 Å². The summed E-state index contributed by atoms with van der Waals surface area (Å²) in [5, 5.41) is 5.46. The number of fused-ring (bicyclic) bond motifs is 3. The van der Waals surface area contributed by atoms with Crippen molar-refractivity contribution in [2.24, 2.45) is 0 Å². The first kappa shape index (κ1) is 19.6. The number of pyridine rings is 1. The standard InChI is InChI=1S/C28H31N/c1-17(2)20-13-14-29-26(16-20)21-11-12-23-22-9-7-8-10-24(22)27(18(3)4)28(19(5)6)25(23)15-21/h7-19H,1-6H3. The average molecular weight is 382 g/mol. The minimum Gasteiger partial charge on any atom is -0.256 e. The molecule has 0 bridgehead atoms. The summed E-state index contributed by atoms with van der Waals surface area (Å²) < 4.78 is 0. The van der Waals surface area contributed by atoms with Gasteiger partial charge in [-0.2, -0.15) is 0 Å². The Bertz CT molecular complexity index is 1180. The molecule has 0 fully saturated rings. The van der Waals surface area contributed by atoms with Gasteiger partial charge >= 0.3 is 0 Å². The van der Waals surface area contributed by atoms with Gasteiger partial charge in [0.1, 0.15) is 0 Å². The maximum Gasteiger partial charge on any atom is 0.0705 e. The normalized spacial score (nSPS) is 12.0. The van der Waals surface area contributed by atoms with Crippen LogP contribution in [0.2, 0.25) is 0 Å². The molecule has 4 rings (SSSR count). The van der Waals surface area contributed by atoms with Crippen LogP contribution in [0.15, 0.2) is 60.8 Å². The van der Waals surface area contributed by atoms with Crippen molar-refractivity contribution < 1.29 is 0 Å². The lowest BCUT2D eigenvalue weighted by molar-refractivity contribution is 0.805. The second kappa shape index (κ2) is 7.63. The van der Waals surface area contributed by atoms with Gasteiger partial charge in [-0.1, -0.05) is 77.9 Å². The predicted molar refractivity (Wildman–Crippen MR) is 127 cm³/mol. The van der Waals surface area contributed by atoms with Gasteiger partial charge in [-0.15, -0.1) is 0 Å². The lowest BCUT2D eigenvalue weighted by Crippen LogP contribution is -2.02. The van der Waals surface area contributed by atoms with Crippen molar-refractivity contribution in [3.05, 3.63) is 77.5 Å². The minimum atomic E-state index is 0.463. The van der Waals surface area contributed by atoms with E-state index in [-0.39, 0.29) is 0 Å². The van der Waals surface area contributed by atoms with E-state index in [0.29, 0.717) is 17.8 Å². The highest BCUT2D eigenvalue weighted by atomic mass is 14.7. The van der Waals surface area contributed by atoms with E-state index in [2.05, 4.69) is 96.1 Å². The van der Waals surface area contributed by atoms with Crippen molar-refractivity contribution in [2.45, 2.75) is 59.3 Å². The summed E-state index contributed by atoms with van der Waals surface area (Å²) >= 11 is 0. The van der Waals surface area contributed by atoms with Crippen molar-refractivity contribution >= 4 is 21.5 Å². The molecule has 0 N–H and O–H groups in total. The molecule has 1 heterocycles. The maximum atomic E-state index is 4.69. The van der Waals surface area contributed by atoms with Crippen molar-refractivity contribution in [3.8, 4) is 11.3 Å². The van der Waals surface area contributed by atoms with E-state index >= 15 is 0 Å². The highest BCUT2D eigenvalue weighted by molar-refractivity contribution is 6.12. The molecular weight excluding hydrogens is 350 g/mol. The summed E-state index contributed by atoms with van der Waals surface area (Å²) in [5.74, 6) is 1.44. The third-order valence-electron chi connectivity index (χ3n) is 6.01. The first-order chi connectivity index (χ1) is 13.9. The molecule has 0 aliphatic carbocycles. The summed E-state index contributed by atoms with van der Waals surface area (Å²) in [6.07, 6.45) is 1.94. The van der Waals surface area contributed by atoms with E-state index in [4.69, 9.17) is 4.98 Å². The average Bonchev–Trinajstić information content (AvgIpc) is 2.72. The van der Waals surface area contributed by atoms with Crippen LogP contribution in [0.25, 0.3) is 32.8 Å². The zero-order chi connectivity index (χ0) is 20.7. The van der Waals surface area contributed by atoms with Crippen LogP contribution in [0.3, 0.4) is 0 Å². The minimum absolute atomic E-state index is 0.463. The number of nitrogens with zero attached hydrogens (tertiary/aromatic N) is 1. The van der Waals surface area contributed by atoms with Gasteiger partial charge in [-0.3, -0.25) is 4.98 Å². The first-order valence-corrected chi connectivity index (χ1v) is 10.8. The second-order valence-corrected chi connectivity index (χ2v) is 9.07. The molecule has 0 spiro atoms. The van der Waals surface area contributed by atoms with E-state index in [9.17, 15) is 0 Å². The van der Waals surface area contributed by atoms with Crippen LogP contribution < -0.4 is 0 Å². The Morgan fingerprint density at radius 3 is 1.86 bits per heavy atom. The number of benzene rings is 3. The van der Waals surface area contributed by atoms with E-state index in [1.54, 1.807) is 0 Å². The van der Waals surface area contributed by atoms with Crippen LogP contribution >= 0.6 is 0 Å². The Morgan fingerprint density at radius 2 is 1.21 bits per heavy atom. The molecule has 0 atom stereocenters. The lowest BCUT2D eigenvalue weighted by atomic mass is 9.81. The fraction of sp³-hybridized carbons (Fsp3) is 0.321. The van der Waals surface area contributed by atoms with E-state index < -0.39 is 0 Å². The Labute approximate surface area is 174 Å². The monoisotopic (exact) mass is 381 g/mol. The lowest BCUT2D eigenvalue weighted by Gasteiger charge is -2.23. The number of rotatable bonds is 4. The summed E-state index contributed by atoms with van der Waals surface area (Å²) in [6, 6.07) is 20.2. The Hall–Kier alpha value is -2.67. The first-order valence-electron chi connectivity index (χ1n) is 10.8. The van der Waals surface area contributed by atoms with Gasteiger partial charge < -0.3 is 0 Å². The molecule has 29 heavy (non-hydrogen) atoms. The fourth-order valence-electron chi connectivity index (χ4n) is 4.61. The molecule has 0 saturated heterocycles. The smallest absolute Gasteiger partial charge is 0.0705 e. The van der Waals surface area contributed by atoms with Gasteiger partial charge in [0.05, 0.1) is 5.69 Å². The highest BCUT2D eigenvalue weighted by Crippen LogP contribution is 2.41. The maximum absolute atomic E-state index is 4.69. The molecule has 0 saturated carbocycles. The topological polar surface area (TPSA) is 12.9 Å². The molecule has 0 radical (unpaired) electrons. The van der Waals surface area contributed by atoms with Crippen LogP contribution in [0.4, 0.5) is 0 Å². The summed E-state index contributed by atoms with van der Waals surface area (Å²) in [7, 11) is 0. The fourth-order valence-corrected chi connectivity index (χ4v) is 4.61. The Kier molecular flexibility index (Phi) is 5.17. The quantitative estimate of drug-likeness (QED) is 0.323. The summed E-state index contributed by atoms with van der Waals surface area (Å²) in [6.45, 7) is 13.7. The van der Waals surface area contributed by atoms with Gasteiger partial charge in [0, 0.05) is 11.8 Å². The van der Waals surface area contributed by atoms with Gasteiger partial charge in [-0.25, -0.2) is 0 Å². The summed E-state index contributed by atoms with van der Waals surface area (Å²) in [5.41, 5.74) is 6.57. The number of aromatic nitrogens is 1. The van der Waals surface area contributed by atoms with Crippen LogP contribution in [0, 0.1) is 0 Å². The third-order valence-corrected chi connectivity index (χ3v) is 6.01. The molecular formula is C28H31N. The van der Waals surface area contributed by atoms with E-state index in [0.717, 1.165) is 5.69 Å². The third kappa shape index (κ3) is 3.44. The molecule has 1 aromatic heterocycles. The molecule has 0 aliphatic rings. The number of hydrogen-bond donors (Lipinski definition) is 0. The van der Waals surface area contributed by atoms with Gasteiger partial charge in [0.2, 0.25) is 0 Å². The SMILES string of the molecule is CC(C)c1ccnc(-c2ccc3c(c2)c(C(C)C)c(C(C)C)c2ccccc23)c1. The van der Waals surface area contributed by atoms with Gasteiger partial charge in [0.25, 0.3) is 0 Å². The molecule has 3 aromatic carbocycles. The molecule has 1 nitrogen and oxygen atoms in total. The zero-order valence-corrected chi connectivity index (χ0v) is 18.5. The molecule has 0 unspecified atom stereocenters. The van der Waals surface area contributed by atoms with E-state index in [1.807, 2.05) is 6.20 Å². The van der Waals surface area contributed by atoms with Crippen LogP contribution in [-0.4, -0.2) is 4.98 Å². The van der Waals surface area contributed by atoms with Crippen LogP contribution in [0.5, 0.6) is 0 Å². The van der Waals surface area contributed by atoms with Gasteiger partial charge in [-0.05, 0) is 74.2 Å². The molecule has 4 aromatic rings.